The van der Waals surface area contributed by atoms with Crippen molar-refractivity contribution in [1.82, 2.24) is 0 Å². The standard InChI is InChI=1S/C17H15Cl2NO5/c1-24-15-5-9(4-13(21)16(15)23)14(22)8-20-7-10-3-11(18)6-12(19)17(10)25-2/h3-7,21,23H,8H2,1-2H3. The molecule has 0 heterocycles. The number of ether oxygens (including phenoxy) is 2. The molecule has 0 radical (unpaired) electrons. The van der Waals surface area contributed by atoms with E-state index >= 15 is 0 Å². The maximum Gasteiger partial charge on any atom is 0.200 e. The molecule has 0 saturated heterocycles. The normalized spacial score (nSPS) is 10.9. The van der Waals surface area contributed by atoms with Crippen LogP contribution in [0.15, 0.2) is 29.3 Å². The van der Waals surface area contributed by atoms with Gasteiger partial charge in [0.05, 0.1) is 19.2 Å². The number of carbonyl (C=O) groups excluding carboxylic acids is 1. The first kappa shape index (κ1) is 18.9. The van der Waals surface area contributed by atoms with Crippen molar-refractivity contribution < 1.29 is 24.5 Å². The zero-order valence-corrected chi connectivity index (χ0v) is 14.9. The van der Waals surface area contributed by atoms with Gasteiger partial charge in [-0.25, -0.2) is 0 Å². The number of aromatic hydroxyl groups is 2. The van der Waals surface area contributed by atoms with Crippen LogP contribution in [-0.4, -0.2) is 43.0 Å². The van der Waals surface area contributed by atoms with Gasteiger partial charge in [-0.15, -0.1) is 0 Å². The molecule has 2 N–H and O–H groups in total. The van der Waals surface area contributed by atoms with Crippen LogP contribution < -0.4 is 9.47 Å². The number of hydrogen-bond donors (Lipinski definition) is 2. The van der Waals surface area contributed by atoms with E-state index < -0.39 is 11.5 Å². The fourth-order valence-electron chi connectivity index (χ4n) is 2.12. The fourth-order valence-corrected chi connectivity index (χ4v) is 2.71. The number of phenols is 2. The summed E-state index contributed by atoms with van der Waals surface area (Å²) in [4.78, 5) is 16.3. The third-order valence-electron chi connectivity index (χ3n) is 3.30. The van der Waals surface area contributed by atoms with Gasteiger partial charge in [0.25, 0.3) is 0 Å². The van der Waals surface area contributed by atoms with Crippen molar-refractivity contribution in [2.75, 3.05) is 20.8 Å². The number of carbonyl (C=O) groups is 1. The van der Waals surface area contributed by atoms with Crippen LogP contribution in [0, 0.1) is 0 Å². The minimum absolute atomic E-state index is 0.00405. The topological polar surface area (TPSA) is 88.4 Å². The Hall–Kier alpha value is -2.44. The third-order valence-corrected chi connectivity index (χ3v) is 3.80. The molecule has 0 bridgehead atoms. The Kier molecular flexibility index (Phi) is 6.12. The zero-order valence-electron chi connectivity index (χ0n) is 13.4. The second-order valence-corrected chi connectivity index (χ2v) is 5.79. The number of phenolic OH excluding ortho intramolecular Hbond substituents is 2. The quantitative estimate of drug-likeness (QED) is 0.450. The fraction of sp³-hybridized carbons (Fsp3) is 0.176. The number of ketones is 1. The number of Topliss-reactive ketones (excluding diaryl/α,β-unsaturated/α-hetero) is 1. The van der Waals surface area contributed by atoms with E-state index in [2.05, 4.69) is 4.99 Å². The highest BCUT2D eigenvalue weighted by Gasteiger charge is 2.14. The molecule has 8 heteroatoms. The first-order valence-electron chi connectivity index (χ1n) is 7.03. The summed E-state index contributed by atoms with van der Waals surface area (Å²) in [7, 11) is 2.78. The van der Waals surface area contributed by atoms with Gasteiger partial charge in [0.2, 0.25) is 5.75 Å². The number of nitrogens with zero attached hydrogens (tertiary/aromatic N) is 1. The van der Waals surface area contributed by atoms with Crippen LogP contribution in [0.5, 0.6) is 23.0 Å². The smallest absolute Gasteiger partial charge is 0.200 e. The molecule has 132 valence electrons. The number of methoxy groups -OCH3 is 2. The monoisotopic (exact) mass is 383 g/mol. The van der Waals surface area contributed by atoms with Gasteiger partial charge in [0.15, 0.2) is 17.3 Å². The number of halogens is 2. The van der Waals surface area contributed by atoms with Crippen molar-refractivity contribution in [3.05, 3.63) is 45.4 Å². The first-order valence-corrected chi connectivity index (χ1v) is 7.79. The third kappa shape index (κ3) is 4.35. The molecule has 0 aliphatic heterocycles. The van der Waals surface area contributed by atoms with Gasteiger partial charge in [-0.05, 0) is 24.3 Å². The molecule has 0 aliphatic carbocycles. The van der Waals surface area contributed by atoms with Gasteiger partial charge in [-0.3, -0.25) is 9.79 Å². The highest BCUT2D eigenvalue weighted by Crippen LogP contribution is 2.36. The SMILES string of the molecule is COc1cc(C(=O)CN=Cc2cc(Cl)cc(Cl)c2OC)cc(O)c1O. The maximum atomic E-state index is 12.2. The van der Waals surface area contributed by atoms with Crippen LogP contribution in [0.3, 0.4) is 0 Å². The molecule has 2 aromatic rings. The van der Waals surface area contributed by atoms with Gasteiger partial charge in [0.1, 0.15) is 12.3 Å². The molecule has 2 aromatic carbocycles. The van der Waals surface area contributed by atoms with Crippen molar-refractivity contribution in [2.24, 2.45) is 4.99 Å². The van der Waals surface area contributed by atoms with E-state index in [0.717, 1.165) is 6.07 Å². The van der Waals surface area contributed by atoms with E-state index in [1.165, 1.54) is 32.6 Å². The molecule has 25 heavy (non-hydrogen) atoms. The van der Waals surface area contributed by atoms with Crippen LogP contribution in [0.4, 0.5) is 0 Å². The summed E-state index contributed by atoms with van der Waals surface area (Å²) in [6.45, 7) is -0.194. The average Bonchev–Trinajstić information content (AvgIpc) is 2.56. The van der Waals surface area contributed by atoms with Gasteiger partial charge in [0, 0.05) is 22.4 Å². The van der Waals surface area contributed by atoms with E-state index in [-0.39, 0.29) is 23.6 Å². The highest BCUT2D eigenvalue weighted by atomic mass is 35.5. The zero-order chi connectivity index (χ0) is 18.6. The Balaban J connectivity index is 2.21. The molecule has 0 unspecified atom stereocenters. The van der Waals surface area contributed by atoms with E-state index in [1.54, 1.807) is 6.07 Å². The lowest BCUT2D eigenvalue weighted by Crippen LogP contribution is -2.04. The number of hydrogen-bond acceptors (Lipinski definition) is 6. The summed E-state index contributed by atoms with van der Waals surface area (Å²) in [5, 5.41) is 19.9. The predicted molar refractivity (Wildman–Crippen MR) is 96.1 cm³/mol. The Morgan fingerprint density at radius 2 is 1.88 bits per heavy atom. The molecule has 0 fully saturated rings. The van der Waals surface area contributed by atoms with Crippen molar-refractivity contribution in [1.29, 1.82) is 0 Å². The van der Waals surface area contributed by atoms with Gasteiger partial charge in [-0.1, -0.05) is 23.2 Å². The second-order valence-electron chi connectivity index (χ2n) is 4.95. The first-order chi connectivity index (χ1) is 11.9. The lowest BCUT2D eigenvalue weighted by Gasteiger charge is -2.08. The Bertz CT molecular complexity index is 836. The largest absolute Gasteiger partial charge is 0.504 e. The Morgan fingerprint density at radius 1 is 1.16 bits per heavy atom. The number of benzene rings is 2. The van der Waals surface area contributed by atoms with Crippen LogP contribution >= 0.6 is 23.2 Å². The molecule has 0 atom stereocenters. The van der Waals surface area contributed by atoms with Crippen LogP contribution in [0.2, 0.25) is 10.0 Å². The average molecular weight is 384 g/mol. The van der Waals surface area contributed by atoms with Crippen molar-refractivity contribution in [3.8, 4) is 23.0 Å². The molecule has 0 amide bonds. The van der Waals surface area contributed by atoms with Gasteiger partial charge < -0.3 is 19.7 Å². The van der Waals surface area contributed by atoms with Crippen molar-refractivity contribution in [2.45, 2.75) is 0 Å². The number of aliphatic imine (C=N–C) groups is 1. The Morgan fingerprint density at radius 3 is 2.52 bits per heavy atom. The minimum Gasteiger partial charge on any atom is -0.504 e. The summed E-state index contributed by atoms with van der Waals surface area (Å²) in [6, 6.07) is 5.61. The second kappa shape index (κ2) is 8.09. The molecule has 0 spiro atoms. The lowest BCUT2D eigenvalue weighted by molar-refractivity contribution is 0.100. The lowest BCUT2D eigenvalue weighted by atomic mass is 10.1. The Labute approximate surface area is 154 Å². The van der Waals surface area contributed by atoms with E-state index in [0.29, 0.717) is 21.4 Å². The molecule has 0 aromatic heterocycles. The summed E-state index contributed by atoms with van der Waals surface area (Å²) in [5.41, 5.74) is 0.680. The summed E-state index contributed by atoms with van der Waals surface area (Å²) in [6.07, 6.45) is 1.42. The van der Waals surface area contributed by atoms with Gasteiger partial charge >= 0.3 is 0 Å². The van der Waals surface area contributed by atoms with Crippen molar-refractivity contribution >= 4 is 35.2 Å². The van der Waals surface area contributed by atoms with Crippen molar-refractivity contribution in [3.63, 3.8) is 0 Å². The summed E-state index contributed by atoms with van der Waals surface area (Å²) < 4.78 is 10.1. The van der Waals surface area contributed by atoms with Gasteiger partial charge in [-0.2, -0.15) is 0 Å². The molecular formula is C17H15Cl2NO5. The highest BCUT2D eigenvalue weighted by molar-refractivity contribution is 6.36. The van der Waals surface area contributed by atoms with Crippen LogP contribution in [0.25, 0.3) is 0 Å². The molecule has 0 saturated carbocycles. The van der Waals surface area contributed by atoms with E-state index in [4.69, 9.17) is 32.7 Å². The van der Waals surface area contributed by atoms with Crippen LogP contribution in [-0.2, 0) is 0 Å². The molecular weight excluding hydrogens is 369 g/mol. The molecule has 6 nitrogen and oxygen atoms in total. The van der Waals surface area contributed by atoms with E-state index in [9.17, 15) is 15.0 Å². The molecule has 2 rings (SSSR count). The molecule has 0 aliphatic rings. The predicted octanol–water partition coefficient (Wildman–Crippen LogP) is 3.72. The summed E-state index contributed by atoms with van der Waals surface area (Å²) >= 11 is 12.0. The van der Waals surface area contributed by atoms with E-state index in [1.807, 2.05) is 0 Å². The number of rotatable bonds is 6. The maximum absolute atomic E-state index is 12.2. The minimum atomic E-state index is -0.449. The van der Waals surface area contributed by atoms with Crippen LogP contribution in [0.1, 0.15) is 15.9 Å². The summed E-state index contributed by atoms with van der Waals surface area (Å²) in [5.74, 6) is -0.866.